The minimum Gasteiger partial charge on any atom is -0.266 e. The van der Waals surface area contributed by atoms with E-state index in [1.165, 1.54) is 12.3 Å². The summed E-state index contributed by atoms with van der Waals surface area (Å²) in [5.41, 5.74) is 0. The number of hydrogen-bond donors (Lipinski definition) is 2. The monoisotopic (exact) mass is 231 g/mol. The molecule has 0 radical (unpaired) electrons. The summed E-state index contributed by atoms with van der Waals surface area (Å²) >= 11 is 0. The highest BCUT2D eigenvalue weighted by Gasteiger charge is 2.13. The van der Waals surface area contributed by atoms with E-state index < -0.39 is 10.0 Å². The first kappa shape index (κ1) is 12.2. The van der Waals surface area contributed by atoms with Crippen LogP contribution in [-0.4, -0.2) is 25.2 Å². The Morgan fingerprint density at radius 3 is 2.80 bits per heavy atom. The van der Waals surface area contributed by atoms with Crippen molar-refractivity contribution in [1.29, 1.82) is 0 Å². The number of hydrogen-bond acceptors (Lipinski definition) is 3. The lowest BCUT2D eigenvalue weighted by atomic mass is 10.1. The summed E-state index contributed by atoms with van der Waals surface area (Å²) in [6, 6.07) is 1.44. The molecule has 0 aliphatic heterocycles. The van der Waals surface area contributed by atoms with E-state index in [2.05, 4.69) is 28.8 Å². The van der Waals surface area contributed by atoms with Crippen molar-refractivity contribution in [2.45, 2.75) is 31.7 Å². The van der Waals surface area contributed by atoms with Crippen LogP contribution in [0.3, 0.4) is 0 Å². The van der Waals surface area contributed by atoms with Crippen molar-refractivity contribution < 1.29 is 8.42 Å². The lowest BCUT2D eigenvalue weighted by Gasteiger charge is -2.06. The fraction of sp³-hybridized carbons (Fsp3) is 0.667. The molecule has 15 heavy (non-hydrogen) atoms. The van der Waals surface area contributed by atoms with Gasteiger partial charge in [-0.2, -0.15) is 5.10 Å². The second-order valence-electron chi connectivity index (χ2n) is 3.85. The van der Waals surface area contributed by atoms with Crippen LogP contribution in [0.1, 0.15) is 26.7 Å². The highest BCUT2D eigenvalue weighted by molar-refractivity contribution is 7.89. The van der Waals surface area contributed by atoms with Crippen LogP contribution >= 0.6 is 0 Å². The van der Waals surface area contributed by atoms with Gasteiger partial charge in [-0.1, -0.05) is 13.8 Å². The number of aromatic amines is 1. The molecule has 86 valence electrons. The summed E-state index contributed by atoms with van der Waals surface area (Å²) in [6.45, 7) is 4.70. The largest absolute Gasteiger partial charge is 0.266 e. The van der Waals surface area contributed by atoms with E-state index in [-0.39, 0.29) is 5.03 Å². The van der Waals surface area contributed by atoms with Gasteiger partial charge in [-0.05, 0) is 24.8 Å². The van der Waals surface area contributed by atoms with Gasteiger partial charge < -0.3 is 0 Å². The predicted octanol–water partition coefficient (Wildman–Crippen LogP) is 1.12. The maximum atomic E-state index is 11.6. The molecule has 1 rings (SSSR count). The molecular weight excluding hydrogens is 214 g/mol. The molecule has 0 aliphatic rings. The average Bonchev–Trinajstić information content (AvgIpc) is 2.65. The Bertz CT molecular complexity index is 370. The van der Waals surface area contributed by atoms with Gasteiger partial charge in [0.05, 0.1) is 6.20 Å². The zero-order valence-electron chi connectivity index (χ0n) is 9.03. The SMILES string of the molecule is CC(C)CCCNS(=O)(=O)c1ccn[nH]1. The molecule has 6 heteroatoms. The second kappa shape index (κ2) is 5.27. The van der Waals surface area contributed by atoms with Gasteiger partial charge >= 0.3 is 0 Å². The zero-order chi connectivity index (χ0) is 11.3. The molecule has 0 atom stereocenters. The van der Waals surface area contributed by atoms with Crippen molar-refractivity contribution in [2.75, 3.05) is 6.54 Å². The Labute approximate surface area is 90.3 Å². The first-order chi connectivity index (χ1) is 7.02. The van der Waals surface area contributed by atoms with Crippen LogP contribution < -0.4 is 4.72 Å². The third-order valence-electron chi connectivity index (χ3n) is 2.02. The van der Waals surface area contributed by atoms with Crippen molar-refractivity contribution in [3.05, 3.63) is 12.3 Å². The van der Waals surface area contributed by atoms with Crippen molar-refractivity contribution >= 4 is 10.0 Å². The summed E-state index contributed by atoms with van der Waals surface area (Å²) in [7, 11) is -3.38. The Balaban J connectivity index is 2.39. The molecule has 0 amide bonds. The van der Waals surface area contributed by atoms with Crippen LogP contribution in [-0.2, 0) is 10.0 Å². The quantitative estimate of drug-likeness (QED) is 0.720. The van der Waals surface area contributed by atoms with Crippen LogP contribution in [0, 0.1) is 5.92 Å². The molecule has 0 saturated heterocycles. The molecule has 2 N–H and O–H groups in total. The van der Waals surface area contributed by atoms with Gasteiger partial charge in [-0.3, -0.25) is 5.10 Å². The highest BCUT2D eigenvalue weighted by Crippen LogP contribution is 2.05. The standard InChI is InChI=1S/C9H17N3O2S/c1-8(2)4-3-6-11-15(13,14)9-5-7-10-12-9/h5,7-8,11H,3-4,6H2,1-2H3,(H,10,12). The lowest BCUT2D eigenvalue weighted by molar-refractivity contribution is 0.538. The number of nitrogens with one attached hydrogen (secondary N) is 2. The minimum atomic E-state index is -3.38. The maximum Gasteiger partial charge on any atom is 0.257 e. The van der Waals surface area contributed by atoms with E-state index in [4.69, 9.17) is 0 Å². The van der Waals surface area contributed by atoms with Gasteiger partial charge in [0.15, 0.2) is 5.03 Å². The summed E-state index contributed by atoms with van der Waals surface area (Å²) in [6.07, 6.45) is 3.29. The smallest absolute Gasteiger partial charge is 0.257 e. The molecular formula is C9H17N3O2S. The number of aromatic nitrogens is 2. The Morgan fingerprint density at radius 1 is 1.53 bits per heavy atom. The minimum absolute atomic E-state index is 0.118. The summed E-state index contributed by atoms with van der Waals surface area (Å²) in [4.78, 5) is 0. The molecule has 0 aromatic carbocycles. The van der Waals surface area contributed by atoms with Crippen LogP contribution in [0.15, 0.2) is 17.3 Å². The topological polar surface area (TPSA) is 74.8 Å². The number of H-pyrrole nitrogens is 1. The predicted molar refractivity (Wildman–Crippen MR) is 57.8 cm³/mol. The van der Waals surface area contributed by atoms with Crippen LogP contribution in [0.2, 0.25) is 0 Å². The first-order valence-electron chi connectivity index (χ1n) is 5.01. The van der Waals surface area contributed by atoms with Gasteiger partial charge in [0.1, 0.15) is 0 Å². The Morgan fingerprint density at radius 2 is 2.27 bits per heavy atom. The van der Waals surface area contributed by atoms with Gasteiger partial charge in [-0.25, -0.2) is 13.1 Å². The van der Waals surface area contributed by atoms with E-state index in [1.807, 2.05) is 0 Å². The second-order valence-corrected chi connectivity index (χ2v) is 5.59. The van der Waals surface area contributed by atoms with E-state index in [0.717, 1.165) is 12.8 Å². The van der Waals surface area contributed by atoms with E-state index in [0.29, 0.717) is 12.5 Å². The molecule has 1 aromatic rings. The molecule has 0 spiro atoms. The average molecular weight is 231 g/mol. The molecule has 5 nitrogen and oxygen atoms in total. The van der Waals surface area contributed by atoms with Gasteiger partial charge in [0, 0.05) is 6.54 Å². The fourth-order valence-corrected chi connectivity index (χ4v) is 2.17. The van der Waals surface area contributed by atoms with Crippen LogP contribution in [0.5, 0.6) is 0 Å². The van der Waals surface area contributed by atoms with Crippen molar-refractivity contribution in [3.8, 4) is 0 Å². The van der Waals surface area contributed by atoms with Crippen molar-refractivity contribution in [1.82, 2.24) is 14.9 Å². The molecule has 1 aromatic heterocycles. The summed E-state index contributed by atoms with van der Waals surface area (Å²) in [5.74, 6) is 0.599. The Hall–Kier alpha value is -0.880. The third kappa shape index (κ3) is 4.01. The first-order valence-corrected chi connectivity index (χ1v) is 6.50. The number of nitrogens with zero attached hydrogens (tertiary/aromatic N) is 1. The van der Waals surface area contributed by atoms with Crippen molar-refractivity contribution in [3.63, 3.8) is 0 Å². The van der Waals surface area contributed by atoms with Crippen molar-refractivity contribution in [2.24, 2.45) is 5.92 Å². The third-order valence-corrected chi connectivity index (χ3v) is 3.41. The molecule has 1 heterocycles. The normalized spacial score (nSPS) is 12.2. The van der Waals surface area contributed by atoms with E-state index in [9.17, 15) is 8.42 Å². The summed E-state index contributed by atoms with van der Waals surface area (Å²) < 4.78 is 25.6. The van der Waals surface area contributed by atoms with Gasteiger partial charge in [-0.15, -0.1) is 0 Å². The highest BCUT2D eigenvalue weighted by atomic mass is 32.2. The number of sulfonamides is 1. The van der Waals surface area contributed by atoms with Gasteiger partial charge in [0.25, 0.3) is 10.0 Å². The van der Waals surface area contributed by atoms with Crippen LogP contribution in [0.4, 0.5) is 0 Å². The molecule has 0 aliphatic carbocycles. The fourth-order valence-electron chi connectivity index (χ4n) is 1.19. The molecule has 0 bridgehead atoms. The van der Waals surface area contributed by atoms with E-state index in [1.54, 1.807) is 0 Å². The molecule has 0 unspecified atom stereocenters. The summed E-state index contributed by atoms with van der Waals surface area (Å²) in [5, 5.41) is 6.15. The lowest BCUT2D eigenvalue weighted by Crippen LogP contribution is -2.25. The van der Waals surface area contributed by atoms with Gasteiger partial charge in [0.2, 0.25) is 0 Å². The maximum absolute atomic E-state index is 11.6. The van der Waals surface area contributed by atoms with Crippen LogP contribution in [0.25, 0.3) is 0 Å². The number of rotatable bonds is 6. The molecule has 0 fully saturated rings. The Kier molecular flexibility index (Phi) is 4.28. The zero-order valence-corrected chi connectivity index (χ0v) is 9.84. The van der Waals surface area contributed by atoms with E-state index >= 15 is 0 Å². The molecule has 0 saturated carbocycles.